The smallest absolute Gasteiger partial charge is 0.141 e. The van der Waals surface area contributed by atoms with Crippen LogP contribution in [-0.2, 0) is 0 Å². The lowest BCUT2D eigenvalue weighted by atomic mass is 9.91. The van der Waals surface area contributed by atoms with Crippen LogP contribution in [0.1, 0.15) is 38.2 Å². The summed E-state index contributed by atoms with van der Waals surface area (Å²) in [5.41, 5.74) is 6.73. The lowest BCUT2D eigenvalue weighted by molar-refractivity contribution is 0.126. The topological polar surface area (TPSA) is 55.5 Å². The van der Waals surface area contributed by atoms with Crippen LogP contribution in [0.2, 0.25) is 10.0 Å². The number of aliphatic hydroxyl groups excluding tert-OH is 1. The first-order valence-electron chi connectivity index (χ1n) is 6.37. The van der Waals surface area contributed by atoms with Crippen molar-refractivity contribution in [3.8, 4) is 5.75 Å². The average Bonchev–Trinajstić information content (AvgIpc) is 2.36. The van der Waals surface area contributed by atoms with Crippen LogP contribution in [-0.4, -0.2) is 24.4 Å². The van der Waals surface area contributed by atoms with E-state index in [1.165, 1.54) is 0 Å². The number of ether oxygens (including phenoxy) is 1. The van der Waals surface area contributed by atoms with E-state index in [2.05, 4.69) is 0 Å². The van der Waals surface area contributed by atoms with Crippen LogP contribution in [0.5, 0.6) is 5.75 Å². The van der Waals surface area contributed by atoms with Crippen LogP contribution in [0.25, 0.3) is 0 Å². The predicted molar refractivity (Wildman–Crippen MR) is 80.3 cm³/mol. The number of methoxy groups -OCH3 is 1. The average molecular weight is 306 g/mol. The molecule has 0 amide bonds. The van der Waals surface area contributed by atoms with E-state index < -0.39 is 6.10 Å². The molecular formula is C14H21Cl2NO2. The van der Waals surface area contributed by atoms with Crippen molar-refractivity contribution < 1.29 is 9.84 Å². The van der Waals surface area contributed by atoms with E-state index in [9.17, 15) is 5.11 Å². The molecule has 0 heterocycles. The van der Waals surface area contributed by atoms with Gasteiger partial charge in [0.05, 0.1) is 18.2 Å². The minimum absolute atomic E-state index is 0.0544. The highest BCUT2D eigenvalue weighted by Gasteiger charge is 2.21. The second kappa shape index (κ2) is 7.34. The van der Waals surface area contributed by atoms with Gasteiger partial charge in [0.2, 0.25) is 0 Å². The molecule has 5 heteroatoms. The van der Waals surface area contributed by atoms with Crippen molar-refractivity contribution in [3.05, 3.63) is 27.7 Å². The molecule has 0 saturated heterocycles. The summed E-state index contributed by atoms with van der Waals surface area (Å²) in [5, 5.41) is 11.1. The van der Waals surface area contributed by atoms with Crippen molar-refractivity contribution in [1.29, 1.82) is 0 Å². The van der Waals surface area contributed by atoms with Crippen LogP contribution in [0.3, 0.4) is 0 Å². The molecule has 0 radical (unpaired) electrons. The molecule has 0 aromatic heterocycles. The van der Waals surface area contributed by atoms with E-state index in [0.29, 0.717) is 22.2 Å². The maximum atomic E-state index is 10.0. The van der Waals surface area contributed by atoms with Gasteiger partial charge >= 0.3 is 0 Å². The Bertz CT molecular complexity index is 426. The van der Waals surface area contributed by atoms with Crippen LogP contribution in [0.4, 0.5) is 0 Å². The van der Waals surface area contributed by atoms with E-state index >= 15 is 0 Å². The Balaban J connectivity index is 2.96. The maximum absolute atomic E-state index is 10.0. The van der Waals surface area contributed by atoms with E-state index in [4.69, 9.17) is 33.7 Å². The standard InChI is InChI=1S/C14H21Cl2NO2/c1-4-12(17)13(18)5-8(2)10-6-9(15)7-11(16)14(10)19-3/h6-8,12-13,18H,4-5,17H2,1-3H3. The molecule has 108 valence electrons. The molecule has 1 aromatic rings. The second-order valence-corrected chi connectivity index (χ2v) is 5.63. The van der Waals surface area contributed by atoms with Gasteiger partial charge in [-0.1, -0.05) is 37.0 Å². The zero-order valence-electron chi connectivity index (χ0n) is 11.5. The van der Waals surface area contributed by atoms with Crippen molar-refractivity contribution in [2.24, 2.45) is 5.73 Å². The Morgan fingerprint density at radius 1 is 1.37 bits per heavy atom. The zero-order valence-corrected chi connectivity index (χ0v) is 13.0. The van der Waals surface area contributed by atoms with E-state index in [-0.39, 0.29) is 12.0 Å². The lowest BCUT2D eigenvalue weighted by Crippen LogP contribution is -2.34. The molecule has 0 aliphatic carbocycles. The van der Waals surface area contributed by atoms with Gasteiger partial charge in [-0.15, -0.1) is 0 Å². The van der Waals surface area contributed by atoms with Gasteiger partial charge < -0.3 is 15.6 Å². The fourth-order valence-corrected chi connectivity index (χ4v) is 2.68. The highest BCUT2D eigenvalue weighted by atomic mass is 35.5. The molecule has 0 aliphatic heterocycles. The first-order chi connectivity index (χ1) is 8.90. The number of halogens is 2. The fourth-order valence-electron chi connectivity index (χ4n) is 2.10. The molecule has 3 N–H and O–H groups in total. The summed E-state index contributed by atoms with van der Waals surface area (Å²) in [6.07, 6.45) is 0.728. The zero-order chi connectivity index (χ0) is 14.6. The van der Waals surface area contributed by atoms with Crippen LogP contribution < -0.4 is 10.5 Å². The number of benzene rings is 1. The van der Waals surface area contributed by atoms with Gasteiger partial charge in [0, 0.05) is 16.6 Å². The minimum atomic E-state index is -0.553. The quantitative estimate of drug-likeness (QED) is 0.844. The molecule has 3 atom stereocenters. The molecule has 1 rings (SSSR count). The van der Waals surface area contributed by atoms with Crippen LogP contribution in [0.15, 0.2) is 12.1 Å². The van der Waals surface area contributed by atoms with E-state index in [1.54, 1.807) is 13.2 Å². The Hall–Kier alpha value is -0.480. The molecule has 0 aliphatic rings. The third-order valence-corrected chi connectivity index (χ3v) is 3.83. The normalized spacial score (nSPS) is 15.9. The summed E-state index contributed by atoms with van der Waals surface area (Å²) in [7, 11) is 1.57. The largest absolute Gasteiger partial charge is 0.495 e. The van der Waals surface area contributed by atoms with Gasteiger partial charge in [0.1, 0.15) is 5.75 Å². The van der Waals surface area contributed by atoms with Crippen molar-refractivity contribution in [1.82, 2.24) is 0 Å². The summed E-state index contributed by atoms with van der Waals surface area (Å²) in [5.74, 6) is 0.662. The third kappa shape index (κ3) is 4.25. The van der Waals surface area contributed by atoms with E-state index in [1.807, 2.05) is 19.9 Å². The Kier molecular flexibility index (Phi) is 6.40. The lowest BCUT2D eigenvalue weighted by Gasteiger charge is -2.23. The first kappa shape index (κ1) is 16.6. The number of nitrogens with two attached hydrogens (primary N) is 1. The SMILES string of the molecule is CCC(N)C(O)CC(C)c1cc(Cl)cc(Cl)c1OC. The van der Waals surface area contributed by atoms with Crippen LogP contribution in [0, 0.1) is 0 Å². The highest BCUT2D eigenvalue weighted by molar-refractivity contribution is 6.35. The fraction of sp³-hybridized carbons (Fsp3) is 0.571. The number of aliphatic hydroxyl groups is 1. The summed E-state index contributed by atoms with van der Waals surface area (Å²) >= 11 is 12.1. The van der Waals surface area contributed by atoms with E-state index in [0.717, 1.165) is 12.0 Å². The van der Waals surface area contributed by atoms with Gasteiger partial charge in [0.25, 0.3) is 0 Å². The number of hydrogen-bond donors (Lipinski definition) is 2. The van der Waals surface area contributed by atoms with Crippen molar-refractivity contribution in [2.45, 2.75) is 44.8 Å². The number of rotatable bonds is 6. The van der Waals surface area contributed by atoms with Crippen molar-refractivity contribution >= 4 is 23.2 Å². The maximum Gasteiger partial charge on any atom is 0.141 e. The number of hydrogen-bond acceptors (Lipinski definition) is 3. The second-order valence-electron chi connectivity index (χ2n) is 4.79. The summed E-state index contributed by atoms with van der Waals surface area (Å²) in [6, 6.07) is 3.25. The molecule has 0 bridgehead atoms. The molecule has 3 nitrogen and oxygen atoms in total. The predicted octanol–water partition coefficient (Wildman–Crippen LogP) is 3.59. The molecule has 0 fully saturated rings. The monoisotopic (exact) mass is 305 g/mol. The van der Waals surface area contributed by atoms with Crippen molar-refractivity contribution in [2.75, 3.05) is 7.11 Å². The van der Waals surface area contributed by atoms with Gasteiger partial charge in [-0.2, -0.15) is 0 Å². The van der Waals surface area contributed by atoms with Gasteiger partial charge in [-0.05, 0) is 30.9 Å². The summed E-state index contributed by atoms with van der Waals surface area (Å²) in [4.78, 5) is 0. The molecule has 0 saturated carbocycles. The third-order valence-electron chi connectivity index (χ3n) is 3.33. The summed E-state index contributed by atoms with van der Waals surface area (Å²) in [6.45, 7) is 3.95. The summed E-state index contributed by atoms with van der Waals surface area (Å²) < 4.78 is 5.32. The van der Waals surface area contributed by atoms with Gasteiger partial charge in [-0.3, -0.25) is 0 Å². The van der Waals surface area contributed by atoms with Crippen molar-refractivity contribution in [3.63, 3.8) is 0 Å². The van der Waals surface area contributed by atoms with Crippen LogP contribution >= 0.6 is 23.2 Å². The van der Waals surface area contributed by atoms with Gasteiger partial charge in [0.15, 0.2) is 0 Å². The molecule has 1 aromatic carbocycles. The Morgan fingerprint density at radius 2 is 2.00 bits per heavy atom. The molecule has 0 spiro atoms. The molecule has 3 unspecified atom stereocenters. The highest BCUT2D eigenvalue weighted by Crippen LogP contribution is 2.38. The Morgan fingerprint density at radius 3 is 2.53 bits per heavy atom. The molecular weight excluding hydrogens is 285 g/mol. The van der Waals surface area contributed by atoms with Gasteiger partial charge in [-0.25, -0.2) is 0 Å². The Labute approximate surface area is 124 Å². The minimum Gasteiger partial charge on any atom is -0.495 e. The molecule has 19 heavy (non-hydrogen) atoms. The first-order valence-corrected chi connectivity index (χ1v) is 7.12.